The molecule has 0 bridgehead atoms. The highest BCUT2D eigenvalue weighted by molar-refractivity contribution is 5.94. The average molecular weight is 685 g/mol. The Morgan fingerprint density at radius 2 is 1.66 bits per heavy atom. The number of methoxy groups -OCH3 is 1. The molecule has 3 fully saturated rings. The second-order valence-corrected chi connectivity index (χ2v) is 16.0. The Hall–Kier alpha value is -3.72. The minimum Gasteiger partial charge on any atom is -0.496 e. The summed E-state index contributed by atoms with van der Waals surface area (Å²) < 4.78 is 16.8. The number of nitrogens with one attached hydrogen (secondary N) is 1. The first kappa shape index (κ1) is 36.1. The maximum atomic E-state index is 14.5. The zero-order valence-electron chi connectivity index (χ0n) is 30.7. The monoisotopic (exact) mass is 684 g/mol. The van der Waals surface area contributed by atoms with E-state index in [1.54, 1.807) is 19.6 Å². The Morgan fingerprint density at radius 3 is 2.32 bits per heavy atom. The van der Waals surface area contributed by atoms with Crippen LogP contribution in [0.4, 0.5) is 5.82 Å². The lowest BCUT2D eigenvalue weighted by molar-refractivity contribution is -0.124. The molecule has 9 heteroatoms. The molecule has 9 nitrogen and oxygen atoms in total. The lowest BCUT2D eigenvalue weighted by atomic mass is 9.77. The molecule has 3 aliphatic rings. The minimum atomic E-state index is -0.205. The number of anilines is 1. The molecule has 2 aromatic heterocycles. The van der Waals surface area contributed by atoms with Crippen LogP contribution < -0.4 is 15.0 Å². The molecule has 50 heavy (non-hydrogen) atoms. The van der Waals surface area contributed by atoms with Gasteiger partial charge in [0.05, 0.1) is 7.11 Å². The lowest BCUT2D eigenvalue weighted by Gasteiger charge is -2.36. The van der Waals surface area contributed by atoms with E-state index in [0.717, 1.165) is 81.2 Å². The van der Waals surface area contributed by atoms with E-state index >= 15 is 0 Å². The van der Waals surface area contributed by atoms with Crippen molar-refractivity contribution in [1.29, 1.82) is 0 Å². The molecule has 270 valence electrons. The normalized spacial score (nSPS) is 23.3. The van der Waals surface area contributed by atoms with Crippen molar-refractivity contribution in [2.75, 3.05) is 31.8 Å². The van der Waals surface area contributed by atoms with E-state index < -0.39 is 0 Å². The first-order valence-electron chi connectivity index (χ1n) is 18.8. The van der Waals surface area contributed by atoms with Crippen LogP contribution in [0.2, 0.25) is 0 Å². The Balaban J connectivity index is 1.14. The molecular formula is C41H56N4O5. The van der Waals surface area contributed by atoms with Gasteiger partial charge in [-0.1, -0.05) is 32.9 Å². The lowest BCUT2D eigenvalue weighted by Crippen LogP contribution is -2.42. The third-order valence-electron chi connectivity index (χ3n) is 11.2. The summed E-state index contributed by atoms with van der Waals surface area (Å²) in [5.74, 6) is 3.73. The van der Waals surface area contributed by atoms with Crippen molar-refractivity contribution in [2.24, 2.45) is 17.8 Å². The molecule has 0 atom stereocenters. The van der Waals surface area contributed by atoms with Gasteiger partial charge >= 0.3 is 0 Å². The predicted molar refractivity (Wildman–Crippen MR) is 195 cm³/mol. The number of hydrogen-bond donors (Lipinski definition) is 1. The number of benzene rings is 1. The maximum Gasteiger partial charge on any atom is 0.231 e. The van der Waals surface area contributed by atoms with Crippen molar-refractivity contribution in [3.63, 3.8) is 0 Å². The van der Waals surface area contributed by atoms with Gasteiger partial charge in [0.1, 0.15) is 23.5 Å². The number of oxazole rings is 1. The average Bonchev–Trinajstić information content (AvgIpc) is 3.63. The molecule has 1 N–H and O–H groups in total. The number of nitrogens with zero attached hydrogens (tertiary/aromatic N) is 3. The molecule has 3 aromatic rings. The Labute approximate surface area is 297 Å². The summed E-state index contributed by atoms with van der Waals surface area (Å²) in [5, 5.41) is 3.22. The van der Waals surface area contributed by atoms with Crippen molar-refractivity contribution >= 4 is 17.6 Å². The van der Waals surface area contributed by atoms with Crippen molar-refractivity contribution in [3.05, 3.63) is 59.8 Å². The first-order valence-corrected chi connectivity index (χ1v) is 18.8. The molecule has 0 unspecified atom stereocenters. The summed E-state index contributed by atoms with van der Waals surface area (Å²) in [5.41, 5.74) is 3.99. The van der Waals surface area contributed by atoms with Gasteiger partial charge in [0.25, 0.3) is 0 Å². The van der Waals surface area contributed by atoms with Gasteiger partial charge in [-0.15, -0.1) is 0 Å². The summed E-state index contributed by atoms with van der Waals surface area (Å²) in [6.45, 7) is 10.4. The second-order valence-electron chi connectivity index (χ2n) is 16.0. The summed E-state index contributed by atoms with van der Waals surface area (Å²) >= 11 is 0. The standard InChI is InChI=1S/C41H56N4O5/c1-27-22-32(14-15-36(27)48-5)30-10-8-29(9-11-30)25-45(37-24-33(16-19-42-37)35-26-50-40(44-35)41(2,3)4)39(47)31-12-6-28(7-13-31)23-38(46)43-34-17-20-49-21-18-34/h14-16,19,22,24,26,28-31,34H,6-13,17-18,20-21,23,25H2,1-5H3,(H,43,46)/t28-,29-,30-,31-. The summed E-state index contributed by atoms with van der Waals surface area (Å²) in [6, 6.07) is 10.7. The molecule has 2 aliphatic carbocycles. The number of carbonyl (C=O) groups excluding carboxylic acids is 2. The van der Waals surface area contributed by atoms with Crippen LogP contribution in [0.15, 0.2) is 47.2 Å². The summed E-state index contributed by atoms with van der Waals surface area (Å²) in [6.07, 6.45) is 13.5. The van der Waals surface area contributed by atoms with E-state index in [9.17, 15) is 9.59 Å². The quantitative estimate of drug-likeness (QED) is 0.230. The number of carbonyl (C=O) groups is 2. The molecule has 0 radical (unpaired) electrons. The molecule has 6 rings (SSSR count). The van der Waals surface area contributed by atoms with E-state index in [0.29, 0.717) is 55.6 Å². The Kier molecular flexibility index (Phi) is 11.6. The summed E-state index contributed by atoms with van der Waals surface area (Å²) in [7, 11) is 1.72. The van der Waals surface area contributed by atoms with Crippen LogP contribution in [0.5, 0.6) is 5.75 Å². The SMILES string of the molecule is COc1ccc([C@H]2CC[C@H](CN(c3cc(-c4coc(C(C)(C)C)n4)ccn3)C(=O)[C@H]3CC[C@H](CC(=O)NC4CCOCC4)CC3)CC2)cc1C. The molecule has 2 saturated carbocycles. The van der Waals surface area contributed by atoms with Gasteiger partial charge in [-0.05, 0) is 118 Å². The number of aromatic nitrogens is 2. The zero-order chi connectivity index (χ0) is 35.3. The van der Waals surface area contributed by atoms with E-state index in [1.165, 1.54) is 11.1 Å². The predicted octanol–water partition coefficient (Wildman–Crippen LogP) is 8.15. The molecule has 2 amide bonds. The molecular weight excluding hydrogens is 628 g/mol. The van der Waals surface area contributed by atoms with Gasteiger partial charge < -0.3 is 19.2 Å². The largest absolute Gasteiger partial charge is 0.496 e. The second kappa shape index (κ2) is 16.1. The number of aryl methyl sites for hydroxylation is 1. The van der Waals surface area contributed by atoms with Crippen LogP contribution in [0.1, 0.15) is 114 Å². The van der Waals surface area contributed by atoms with Crippen LogP contribution in [0.25, 0.3) is 11.3 Å². The van der Waals surface area contributed by atoms with Gasteiger partial charge in [-0.2, -0.15) is 0 Å². The van der Waals surface area contributed by atoms with Crippen LogP contribution in [-0.2, 0) is 19.7 Å². The molecule has 1 aliphatic heterocycles. The highest BCUT2D eigenvalue weighted by Gasteiger charge is 2.34. The summed E-state index contributed by atoms with van der Waals surface area (Å²) in [4.78, 5) is 38.8. The minimum absolute atomic E-state index is 0.0755. The molecule has 0 spiro atoms. The van der Waals surface area contributed by atoms with Crippen LogP contribution in [0.3, 0.4) is 0 Å². The molecule has 3 heterocycles. The number of pyridine rings is 1. The van der Waals surface area contributed by atoms with E-state index in [1.807, 2.05) is 17.0 Å². The number of amides is 2. The van der Waals surface area contributed by atoms with Crippen LogP contribution in [-0.4, -0.2) is 54.7 Å². The van der Waals surface area contributed by atoms with Gasteiger partial charge in [-0.25, -0.2) is 9.97 Å². The van der Waals surface area contributed by atoms with Crippen molar-refractivity contribution < 1.29 is 23.5 Å². The number of ether oxygens (including phenoxy) is 2. The molecule has 1 saturated heterocycles. The van der Waals surface area contributed by atoms with E-state index in [-0.39, 0.29) is 29.2 Å². The fourth-order valence-corrected chi connectivity index (χ4v) is 8.09. The fourth-order valence-electron chi connectivity index (χ4n) is 8.09. The fraction of sp³-hybridized carbons (Fsp3) is 0.610. The van der Waals surface area contributed by atoms with Crippen molar-refractivity contribution in [2.45, 2.75) is 116 Å². The smallest absolute Gasteiger partial charge is 0.231 e. The van der Waals surface area contributed by atoms with Gasteiger partial charge in [0, 0.05) is 55.3 Å². The third-order valence-corrected chi connectivity index (χ3v) is 11.2. The van der Waals surface area contributed by atoms with Gasteiger partial charge in [-0.3, -0.25) is 14.5 Å². The highest BCUT2D eigenvalue weighted by atomic mass is 16.5. The number of hydrogen-bond acceptors (Lipinski definition) is 7. The van der Waals surface area contributed by atoms with Crippen LogP contribution >= 0.6 is 0 Å². The van der Waals surface area contributed by atoms with Gasteiger partial charge in [0.2, 0.25) is 11.8 Å². The molecule has 1 aromatic carbocycles. The van der Waals surface area contributed by atoms with E-state index in [2.05, 4.69) is 51.2 Å². The topological polar surface area (TPSA) is 107 Å². The maximum absolute atomic E-state index is 14.5. The van der Waals surface area contributed by atoms with Gasteiger partial charge in [0.15, 0.2) is 5.89 Å². The van der Waals surface area contributed by atoms with Crippen LogP contribution in [0, 0.1) is 24.7 Å². The third kappa shape index (κ3) is 8.95. The number of rotatable bonds is 10. The van der Waals surface area contributed by atoms with E-state index in [4.69, 9.17) is 23.9 Å². The van der Waals surface area contributed by atoms with Crippen molar-refractivity contribution in [1.82, 2.24) is 15.3 Å². The first-order chi connectivity index (χ1) is 24.1. The Morgan fingerprint density at radius 1 is 0.940 bits per heavy atom. The highest BCUT2D eigenvalue weighted by Crippen LogP contribution is 2.39. The zero-order valence-corrected chi connectivity index (χ0v) is 30.7. The Bertz CT molecular complexity index is 1590. The van der Waals surface area contributed by atoms with Crippen molar-refractivity contribution in [3.8, 4) is 17.0 Å².